The molecule has 136 valence electrons. The summed E-state index contributed by atoms with van der Waals surface area (Å²) in [5.41, 5.74) is 0.564. The summed E-state index contributed by atoms with van der Waals surface area (Å²) in [4.78, 5) is 14.6. The van der Waals surface area contributed by atoms with Gasteiger partial charge in [-0.25, -0.2) is 4.79 Å². The van der Waals surface area contributed by atoms with E-state index in [4.69, 9.17) is 9.47 Å². The number of rotatable bonds is 10. The molecule has 4 heteroatoms. The second kappa shape index (κ2) is 10.3. The van der Waals surface area contributed by atoms with Crippen LogP contribution in [-0.4, -0.2) is 43.2 Å². The van der Waals surface area contributed by atoms with Gasteiger partial charge in [0.2, 0.25) is 0 Å². The Morgan fingerprint density at radius 3 is 2.12 bits per heavy atom. The van der Waals surface area contributed by atoms with Crippen molar-refractivity contribution in [2.75, 3.05) is 26.2 Å². The third-order valence-corrected chi connectivity index (χ3v) is 4.21. The maximum absolute atomic E-state index is 12.3. The highest BCUT2D eigenvalue weighted by molar-refractivity contribution is 5.89. The molecule has 0 saturated heterocycles. The van der Waals surface area contributed by atoms with Crippen LogP contribution in [0.3, 0.4) is 0 Å². The fourth-order valence-corrected chi connectivity index (χ4v) is 2.34. The van der Waals surface area contributed by atoms with Crippen LogP contribution >= 0.6 is 0 Å². The number of hydrogen-bond donors (Lipinski definition) is 0. The molecule has 0 heterocycles. The van der Waals surface area contributed by atoms with E-state index in [-0.39, 0.29) is 12.1 Å². The van der Waals surface area contributed by atoms with Crippen molar-refractivity contribution in [3.05, 3.63) is 29.8 Å². The van der Waals surface area contributed by atoms with Crippen molar-refractivity contribution >= 4 is 5.97 Å². The van der Waals surface area contributed by atoms with E-state index < -0.39 is 0 Å². The highest BCUT2D eigenvalue weighted by Gasteiger charge is 2.19. The van der Waals surface area contributed by atoms with Crippen LogP contribution in [0.4, 0.5) is 0 Å². The molecule has 0 aliphatic carbocycles. The fourth-order valence-electron chi connectivity index (χ4n) is 2.34. The molecule has 0 bridgehead atoms. The van der Waals surface area contributed by atoms with Crippen LogP contribution in [-0.2, 0) is 4.74 Å². The molecule has 1 aromatic carbocycles. The summed E-state index contributed by atoms with van der Waals surface area (Å²) in [6.45, 7) is 16.2. The van der Waals surface area contributed by atoms with E-state index in [1.807, 2.05) is 19.1 Å². The molecule has 0 unspecified atom stereocenters. The van der Waals surface area contributed by atoms with Gasteiger partial charge in [0.15, 0.2) is 0 Å². The number of carbonyl (C=O) groups excluding carboxylic acids is 1. The van der Waals surface area contributed by atoms with Gasteiger partial charge in [-0.3, -0.25) is 0 Å². The van der Waals surface area contributed by atoms with Crippen molar-refractivity contribution < 1.29 is 14.3 Å². The average molecular weight is 335 g/mol. The normalized spacial score (nSPS) is 13.8. The Labute approximate surface area is 147 Å². The fraction of sp³-hybridized carbons (Fsp3) is 0.650. The van der Waals surface area contributed by atoms with Crippen LogP contribution in [0.25, 0.3) is 0 Å². The molecular weight excluding hydrogens is 302 g/mol. The monoisotopic (exact) mass is 335 g/mol. The molecule has 1 rings (SSSR count). The number of esters is 1. The third-order valence-electron chi connectivity index (χ3n) is 4.21. The number of nitrogens with zero attached hydrogens (tertiary/aromatic N) is 1. The molecule has 0 aromatic heterocycles. The van der Waals surface area contributed by atoms with Crippen LogP contribution in [0.5, 0.6) is 5.75 Å². The van der Waals surface area contributed by atoms with Gasteiger partial charge in [0.05, 0.1) is 12.2 Å². The van der Waals surface area contributed by atoms with Crippen molar-refractivity contribution in [1.82, 2.24) is 4.90 Å². The number of ether oxygens (including phenoxy) is 2. The molecule has 0 fully saturated rings. The van der Waals surface area contributed by atoms with Crippen molar-refractivity contribution in [2.24, 2.45) is 11.8 Å². The van der Waals surface area contributed by atoms with E-state index in [0.29, 0.717) is 24.0 Å². The summed E-state index contributed by atoms with van der Waals surface area (Å²) in [7, 11) is 0. The summed E-state index contributed by atoms with van der Waals surface area (Å²) >= 11 is 0. The zero-order valence-corrected chi connectivity index (χ0v) is 16.0. The van der Waals surface area contributed by atoms with Gasteiger partial charge in [0.25, 0.3) is 0 Å². The smallest absolute Gasteiger partial charge is 0.338 e. The lowest BCUT2D eigenvalue weighted by atomic mass is 10.1. The first-order valence-electron chi connectivity index (χ1n) is 9.03. The Morgan fingerprint density at radius 1 is 1.04 bits per heavy atom. The molecule has 0 radical (unpaired) electrons. The van der Waals surface area contributed by atoms with E-state index in [0.717, 1.165) is 25.4 Å². The van der Waals surface area contributed by atoms with Gasteiger partial charge in [-0.2, -0.15) is 0 Å². The molecule has 0 aliphatic rings. The molecular formula is C20H33NO3. The Kier molecular flexibility index (Phi) is 8.83. The van der Waals surface area contributed by atoms with Crippen LogP contribution < -0.4 is 4.74 Å². The largest absolute Gasteiger partial charge is 0.493 e. The SMILES string of the molecule is CCN(CC)C[C@H](C)[C@@H](C)OC(=O)c1ccc(OCC(C)C)cc1. The minimum atomic E-state index is -0.274. The number of benzene rings is 1. The molecule has 24 heavy (non-hydrogen) atoms. The second-order valence-electron chi connectivity index (χ2n) is 6.80. The lowest BCUT2D eigenvalue weighted by molar-refractivity contribution is 0.0172. The molecule has 0 spiro atoms. The number of hydrogen-bond acceptors (Lipinski definition) is 4. The Balaban J connectivity index is 2.54. The second-order valence-corrected chi connectivity index (χ2v) is 6.80. The zero-order chi connectivity index (χ0) is 18.1. The van der Waals surface area contributed by atoms with Crippen LogP contribution in [0.15, 0.2) is 24.3 Å². The molecule has 0 N–H and O–H groups in total. The minimum absolute atomic E-state index is 0.116. The highest BCUT2D eigenvalue weighted by Crippen LogP contribution is 2.16. The van der Waals surface area contributed by atoms with Gasteiger partial charge in [-0.15, -0.1) is 0 Å². The van der Waals surface area contributed by atoms with Crippen molar-refractivity contribution in [2.45, 2.75) is 47.6 Å². The van der Waals surface area contributed by atoms with Crippen molar-refractivity contribution in [3.63, 3.8) is 0 Å². The topological polar surface area (TPSA) is 38.8 Å². The predicted octanol–water partition coefficient (Wildman–Crippen LogP) is 4.24. The quantitative estimate of drug-likeness (QED) is 0.599. The summed E-state index contributed by atoms with van der Waals surface area (Å²) in [6, 6.07) is 7.17. The van der Waals surface area contributed by atoms with E-state index in [1.54, 1.807) is 12.1 Å². The first kappa shape index (κ1) is 20.5. The Hall–Kier alpha value is -1.55. The maximum atomic E-state index is 12.3. The molecule has 0 saturated carbocycles. The number of carbonyl (C=O) groups is 1. The summed E-state index contributed by atoms with van der Waals surface area (Å²) < 4.78 is 11.3. The van der Waals surface area contributed by atoms with Gasteiger partial charge in [0.1, 0.15) is 11.9 Å². The van der Waals surface area contributed by atoms with Crippen LogP contribution in [0, 0.1) is 11.8 Å². The highest BCUT2D eigenvalue weighted by atomic mass is 16.5. The standard InChI is InChI=1S/C20H33NO3/c1-7-21(8-2)13-16(5)17(6)24-20(22)18-9-11-19(12-10-18)23-14-15(3)4/h9-12,15-17H,7-8,13-14H2,1-6H3/t16-,17+/m0/s1. The first-order chi connectivity index (χ1) is 11.4. The maximum Gasteiger partial charge on any atom is 0.338 e. The first-order valence-corrected chi connectivity index (χ1v) is 9.03. The molecule has 4 nitrogen and oxygen atoms in total. The summed E-state index contributed by atoms with van der Waals surface area (Å²) in [5, 5.41) is 0. The predicted molar refractivity (Wildman–Crippen MR) is 98.6 cm³/mol. The van der Waals surface area contributed by atoms with Crippen LogP contribution in [0.2, 0.25) is 0 Å². The zero-order valence-electron chi connectivity index (χ0n) is 16.0. The lowest BCUT2D eigenvalue weighted by Gasteiger charge is -2.26. The molecule has 0 amide bonds. The molecule has 0 aliphatic heterocycles. The van der Waals surface area contributed by atoms with Gasteiger partial charge in [-0.05, 0) is 50.2 Å². The van der Waals surface area contributed by atoms with E-state index in [2.05, 4.69) is 39.5 Å². The average Bonchev–Trinajstić information content (AvgIpc) is 2.57. The van der Waals surface area contributed by atoms with Crippen molar-refractivity contribution in [1.29, 1.82) is 0 Å². The van der Waals surface area contributed by atoms with Gasteiger partial charge < -0.3 is 14.4 Å². The van der Waals surface area contributed by atoms with Gasteiger partial charge in [0, 0.05) is 12.5 Å². The lowest BCUT2D eigenvalue weighted by Crippen LogP contribution is -2.34. The minimum Gasteiger partial charge on any atom is -0.493 e. The van der Waals surface area contributed by atoms with Crippen molar-refractivity contribution in [3.8, 4) is 5.75 Å². The Bertz CT molecular complexity index is 480. The van der Waals surface area contributed by atoms with Crippen LogP contribution in [0.1, 0.15) is 51.9 Å². The Morgan fingerprint density at radius 2 is 1.62 bits per heavy atom. The molecule has 2 atom stereocenters. The molecule has 1 aromatic rings. The van der Waals surface area contributed by atoms with Gasteiger partial charge >= 0.3 is 5.97 Å². The van der Waals surface area contributed by atoms with E-state index in [9.17, 15) is 4.79 Å². The van der Waals surface area contributed by atoms with Gasteiger partial charge in [-0.1, -0.05) is 34.6 Å². The van der Waals surface area contributed by atoms with E-state index in [1.165, 1.54) is 0 Å². The van der Waals surface area contributed by atoms with E-state index >= 15 is 0 Å². The third kappa shape index (κ3) is 6.91. The summed E-state index contributed by atoms with van der Waals surface area (Å²) in [6.07, 6.45) is -0.116. The summed E-state index contributed by atoms with van der Waals surface area (Å²) in [5.74, 6) is 1.28.